The number of likely N-dealkylation sites (tertiary alicyclic amines) is 1. The van der Waals surface area contributed by atoms with E-state index in [9.17, 15) is 9.18 Å². The van der Waals surface area contributed by atoms with E-state index in [1.54, 1.807) is 23.0 Å². The fourth-order valence-electron chi connectivity index (χ4n) is 3.37. The lowest BCUT2D eigenvalue weighted by Gasteiger charge is -2.37. The monoisotopic (exact) mass is 376 g/mol. The molecule has 0 aliphatic carbocycles. The number of piperidine rings is 1. The fourth-order valence-corrected chi connectivity index (χ4v) is 3.37. The number of amides is 1. The molecule has 0 radical (unpaired) electrons. The van der Waals surface area contributed by atoms with E-state index in [-0.39, 0.29) is 11.6 Å². The van der Waals surface area contributed by atoms with Gasteiger partial charge in [-0.05, 0) is 42.1 Å². The molecule has 146 valence electrons. The number of carbonyl (C=O) groups excluding carboxylic acids is 1. The number of para-hydroxylation sites is 1. The summed E-state index contributed by atoms with van der Waals surface area (Å²) in [5, 5.41) is 12.7. The summed E-state index contributed by atoms with van der Waals surface area (Å²) in [5.74, 6) is -0.112. The maximum absolute atomic E-state index is 14.0. The largest absolute Gasteiger partial charge is 0.301 e. The van der Waals surface area contributed by atoms with Crippen LogP contribution in [-0.4, -0.2) is 57.3 Å². The lowest BCUT2D eigenvalue weighted by atomic mass is 9.87. The van der Waals surface area contributed by atoms with Crippen molar-refractivity contribution in [2.75, 3.05) is 31.3 Å². The van der Waals surface area contributed by atoms with Gasteiger partial charge in [-0.2, -0.15) is 9.86 Å². The van der Waals surface area contributed by atoms with Crippen molar-refractivity contribution >= 4 is 11.6 Å². The Morgan fingerprint density at radius 1 is 1.37 bits per heavy atom. The number of nitrogens with zero attached hydrogens (tertiary/aromatic N) is 6. The third kappa shape index (κ3) is 5.08. The smallest absolute Gasteiger partial charge is 0.247 e. The first-order valence-electron chi connectivity index (χ1n) is 9.16. The second kappa shape index (κ2) is 9.01. The van der Waals surface area contributed by atoms with E-state index in [4.69, 9.17) is 4.84 Å². The molecule has 8 nitrogen and oxygen atoms in total. The third-order valence-electron chi connectivity index (χ3n) is 4.95. The molecule has 0 spiro atoms. The highest BCUT2D eigenvalue weighted by Gasteiger charge is 2.28. The highest BCUT2D eigenvalue weighted by molar-refractivity contribution is 5.89. The van der Waals surface area contributed by atoms with Crippen molar-refractivity contribution in [1.82, 2.24) is 25.1 Å². The van der Waals surface area contributed by atoms with Crippen LogP contribution >= 0.6 is 0 Å². The lowest BCUT2D eigenvalue weighted by Crippen LogP contribution is -2.43. The Kier molecular flexibility index (Phi) is 6.46. The first kappa shape index (κ1) is 19.4. The van der Waals surface area contributed by atoms with E-state index in [1.807, 2.05) is 0 Å². The van der Waals surface area contributed by atoms with Gasteiger partial charge in [-0.1, -0.05) is 19.1 Å². The van der Waals surface area contributed by atoms with Gasteiger partial charge in [0.1, 0.15) is 11.5 Å². The van der Waals surface area contributed by atoms with Crippen molar-refractivity contribution in [3.05, 3.63) is 36.4 Å². The molecule has 1 aliphatic rings. The first-order chi connectivity index (χ1) is 13.0. The molecule has 1 aliphatic heterocycles. The summed E-state index contributed by atoms with van der Waals surface area (Å²) in [6, 6.07) is 6.13. The number of benzene rings is 1. The van der Waals surface area contributed by atoms with Crippen LogP contribution in [0.15, 0.2) is 30.6 Å². The standard InChI is InChI=1S/C18H25FN6O2/c1-14-11-23(9-10-24-21-13-20-22-24)8-7-16(14)12-27-25(15(2)26)18-6-4-3-5-17(18)19/h3-6,13-14,16H,7-12H2,1-2H3. The van der Waals surface area contributed by atoms with Crippen LogP contribution in [0.25, 0.3) is 0 Å². The summed E-state index contributed by atoms with van der Waals surface area (Å²) in [6.07, 6.45) is 2.39. The topological polar surface area (TPSA) is 76.4 Å². The molecular weight excluding hydrogens is 351 g/mol. The highest BCUT2D eigenvalue weighted by atomic mass is 19.1. The molecule has 1 fully saturated rings. The van der Waals surface area contributed by atoms with Gasteiger partial charge in [0.25, 0.3) is 0 Å². The Morgan fingerprint density at radius 2 is 2.19 bits per heavy atom. The van der Waals surface area contributed by atoms with Crippen molar-refractivity contribution in [1.29, 1.82) is 0 Å². The molecule has 3 rings (SSSR count). The van der Waals surface area contributed by atoms with E-state index in [0.29, 0.717) is 25.0 Å². The van der Waals surface area contributed by atoms with Crippen LogP contribution < -0.4 is 5.06 Å². The maximum atomic E-state index is 14.0. The summed E-state index contributed by atoms with van der Waals surface area (Å²) >= 11 is 0. The van der Waals surface area contributed by atoms with Gasteiger partial charge in [-0.3, -0.25) is 9.63 Å². The number of halogens is 1. The average Bonchev–Trinajstić information content (AvgIpc) is 3.16. The second-order valence-electron chi connectivity index (χ2n) is 6.92. The molecule has 1 saturated heterocycles. The van der Waals surface area contributed by atoms with Gasteiger partial charge in [0.15, 0.2) is 6.33 Å². The predicted octanol–water partition coefficient (Wildman–Crippen LogP) is 1.75. The molecule has 27 heavy (non-hydrogen) atoms. The van der Waals surface area contributed by atoms with Crippen LogP contribution in [0.5, 0.6) is 0 Å². The first-order valence-corrected chi connectivity index (χ1v) is 9.16. The predicted molar refractivity (Wildman–Crippen MR) is 97.0 cm³/mol. The molecule has 0 saturated carbocycles. The van der Waals surface area contributed by atoms with Crippen molar-refractivity contribution in [3.63, 3.8) is 0 Å². The number of anilines is 1. The highest BCUT2D eigenvalue weighted by Crippen LogP contribution is 2.26. The number of aromatic nitrogens is 4. The maximum Gasteiger partial charge on any atom is 0.247 e. The average molecular weight is 376 g/mol. The molecule has 0 bridgehead atoms. The van der Waals surface area contributed by atoms with Crippen molar-refractivity contribution in [2.24, 2.45) is 11.8 Å². The Morgan fingerprint density at radius 3 is 2.85 bits per heavy atom. The van der Waals surface area contributed by atoms with Gasteiger partial charge in [0.05, 0.1) is 13.2 Å². The number of hydrogen-bond donors (Lipinski definition) is 0. The van der Waals surface area contributed by atoms with E-state index in [1.165, 1.54) is 19.3 Å². The Balaban J connectivity index is 1.50. The quantitative estimate of drug-likeness (QED) is 0.686. The molecule has 1 aromatic carbocycles. The van der Waals surface area contributed by atoms with Crippen molar-refractivity contribution in [3.8, 4) is 0 Å². The van der Waals surface area contributed by atoms with Crippen LogP contribution in [0.4, 0.5) is 10.1 Å². The molecule has 2 heterocycles. The van der Waals surface area contributed by atoms with Crippen LogP contribution in [-0.2, 0) is 16.2 Å². The van der Waals surface area contributed by atoms with Gasteiger partial charge in [-0.25, -0.2) is 4.39 Å². The van der Waals surface area contributed by atoms with Gasteiger partial charge < -0.3 is 4.90 Å². The van der Waals surface area contributed by atoms with E-state index in [2.05, 4.69) is 27.2 Å². The minimum atomic E-state index is -0.475. The van der Waals surface area contributed by atoms with Crippen LogP contribution in [0.1, 0.15) is 20.3 Å². The number of hydrogen-bond acceptors (Lipinski definition) is 6. The van der Waals surface area contributed by atoms with E-state index in [0.717, 1.165) is 31.1 Å². The van der Waals surface area contributed by atoms with Gasteiger partial charge in [-0.15, -0.1) is 10.2 Å². The summed E-state index contributed by atoms with van der Waals surface area (Å²) < 4.78 is 14.0. The van der Waals surface area contributed by atoms with Crippen molar-refractivity contribution in [2.45, 2.75) is 26.8 Å². The Hall–Kier alpha value is -2.39. The van der Waals surface area contributed by atoms with Crippen molar-refractivity contribution < 1.29 is 14.0 Å². The normalized spacial score (nSPS) is 20.6. The van der Waals surface area contributed by atoms with Gasteiger partial charge >= 0.3 is 0 Å². The molecule has 2 atom stereocenters. The molecule has 1 amide bonds. The Labute approximate surface area is 157 Å². The molecule has 9 heteroatoms. The third-order valence-corrected chi connectivity index (χ3v) is 4.95. The van der Waals surface area contributed by atoms with Gasteiger partial charge in [0, 0.05) is 20.0 Å². The zero-order valence-corrected chi connectivity index (χ0v) is 15.7. The minimum Gasteiger partial charge on any atom is -0.301 e. The second-order valence-corrected chi connectivity index (χ2v) is 6.92. The SMILES string of the molecule is CC(=O)N(OCC1CCN(CCn2ncnn2)CC1C)c1ccccc1F. The number of rotatable bonds is 7. The zero-order valence-electron chi connectivity index (χ0n) is 15.7. The minimum absolute atomic E-state index is 0.149. The molecule has 1 aromatic heterocycles. The van der Waals surface area contributed by atoms with Gasteiger partial charge in [0.2, 0.25) is 5.91 Å². The summed E-state index contributed by atoms with van der Waals surface area (Å²) in [7, 11) is 0. The molecule has 2 aromatic rings. The van der Waals surface area contributed by atoms with Crippen LogP contribution in [0, 0.1) is 17.7 Å². The molecule has 0 N–H and O–H groups in total. The van der Waals surface area contributed by atoms with Crippen LogP contribution in [0.3, 0.4) is 0 Å². The lowest BCUT2D eigenvalue weighted by molar-refractivity contribution is -0.125. The summed E-state index contributed by atoms with van der Waals surface area (Å²) in [5.41, 5.74) is 0.149. The van der Waals surface area contributed by atoms with E-state index >= 15 is 0 Å². The molecule has 2 unspecified atom stereocenters. The summed E-state index contributed by atoms with van der Waals surface area (Å²) in [6.45, 7) is 7.37. The zero-order chi connectivity index (χ0) is 19.2. The number of carbonyl (C=O) groups is 1. The number of tetrazole rings is 1. The summed E-state index contributed by atoms with van der Waals surface area (Å²) in [4.78, 5) is 21.6. The number of hydroxylamine groups is 1. The van der Waals surface area contributed by atoms with Crippen LogP contribution in [0.2, 0.25) is 0 Å². The fraction of sp³-hybridized carbons (Fsp3) is 0.556. The Bertz CT molecular complexity index is 741. The van der Waals surface area contributed by atoms with E-state index < -0.39 is 5.82 Å². The molecular formula is C18H25FN6O2.